The summed E-state index contributed by atoms with van der Waals surface area (Å²) < 4.78 is 0. The van der Waals surface area contributed by atoms with Crippen molar-refractivity contribution in [1.29, 1.82) is 0 Å². The maximum atomic E-state index is 12.7. The van der Waals surface area contributed by atoms with Crippen molar-refractivity contribution in [1.82, 2.24) is 0 Å². The molecule has 3 rings (SSSR count). The van der Waals surface area contributed by atoms with Gasteiger partial charge in [-0.3, -0.25) is 4.79 Å². The van der Waals surface area contributed by atoms with Crippen molar-refractivity contribution in [3.05, 3.63) is 35.4 Å². The van der Waals surface area contributed by atoms with Gasteiger partial charge in [-0.2, -0.15) is 0 Å². The van der Waals surface area contributed by atoms with E-state index in [-0.39, 0.29) is 10.8 Å². The van der Waals surface area contributed by atoms with Crippen LogP contribution in [0.1, 0.15) is 39.2 Å². The molecule has 2 aliphatic rings. The van der Waals surface area contributed by atoms with Crippen LogP contribution in [0.3, 0.4) is 0 Å². The summed E-state index contributed by atoms with van der Waals surface area (Å²) in [5.41, 5.74) is 8.50. The van der Waals surface area contributed by atoms with Gasteiger partial charge in [-0.1, -0.05) is 32.9 Å². The molecule has 2 heteroatoms. The van der Waals surface area contributed by atoms with Crippen molar-refractivity contribution in [2.75, 3.05) is 5.73 Å². The van der Waals surface area contributed by atoms with Gasteiger partial charge in [0.2, 0.25) is 0 Å². The first-order chi connectivity index (χ1) is 8.86. The van der Waals surface area contributed by atoms with Gasteiger partial charge in [0.1, 0.15) is 0 Å². The van der Waals surface area contributed by atoms with Gasteiger partial charge in [-0.15, -0.1) is 0 Å². The molecular weight excluding hydrogens is 234 g/mol. The number of anilines is 1. The summed E-state index contributed by atoms with van der Waals surface area (Å²) in [7, 11) is 0. The van der Waals surface area contributed by atoms with E-state index in [1.165, 1.54) is 0 Å². The lowest BCUT2D eigenvalue weighted by Crippen LogP contribution is -2.32. The second-order valence-corrected chi connectivity index (χ2v) is 6.74. The SMILES string of the molecule is CC12CCC(C(=Cc3cccc(N)c3)C1=O)C2(C)C. The Hall–Kier alpha value is -1.57. The second kappa shape index (κ2) is 3.72. The molecule has 1 aromatic carbocycles. The van der Waals surface area contributed by atoms with Crippen LogP contribution in [0.25, 0.3) is 6.08 Å². The van der Waals surface area contributed by atoms with Crippen LogP contribution in [-0.4, -0.2) is 5.78 Å². The summed E-state index contributed by atoms with van der Waals surface area (Å²) in [6.45, 7) is 6.61. The quantitative estimate of drug-likeness (QED) is 0.614. The fraction of sp³-hybridized carbons (Fsp3) is 0.471. The molecule has 0 radical (unpaired) electrons. The van der Waals surface area contributed by atoms with Gasteiger partial charge >= 0.3 is 0 Å². The van der Waals surface area contributed by atoms with Gasteiger partial charge in [0.25, 0.3) is 0 Å². The van der Waals surface area contributed by atoms with Crippen molar-refractivity contribution in [3.63, 3.8) is 0 Å². The number of carbonyl (C=O) groups is 1. The fourth-order valence-electron chi connectivity index (χ4n) is 3.92. The number of nitrogens with two attached hydrogens (primary N) is 1. The summed E-state index contributed by atoms with van der Waals surface area (Å²) in [4.78, 5) is 12.7. The van der Waals surface area contributed by atoms with Crippen molar-refractivity contribution in [3.8, 4) is 0 Å². The van der Waals surface area contributed by atoms with Crippen LogP contribution in [0, 0.1) is 16.7 Å². The Morgan fingerprint density at radius 3 is 2.63 bits per heavy atom. The molecule has 0 aliphatic heterocycles. The average Bonchev–Trinajstić information content (AvgIpc) is 2.64. The molecule has 0 aromatic heterocycles. The van der Waals surface area contributed by atoms with Crippen molar-refractivity contribution in [2.24, 2.45) is 16.7 Å². The Balaban J connectivity index is 2.06. The normalized spacial score (nSPS) is 34.2. The zero-order valence-corrected chi connectivity index (χ0v) is 11.9. The molecule has 19 heavy (non-hydrogen) atoms. The highest BCUT2D eigenvalue weighted by Gasteiger charge is 2.63. The molecule has 0 saturated heterocycles. The highest BCUT2D eigenvalue weighted by Crippen LogP contribution is 2.65. The summed E-state index contributed by atoms with van der Waals surface area (Å²) in [5, 5.41) is 0. The zero-order valence-electron chi connectivity index (χ0n) is 11.9. The van der Waals surface area contributed by atoms with Crippen LogP contribution >= 0.6 is 0 Å². The number of Topliss-reactive ketones (excluding diaryl/α,β-unsaturated/α-hetero) is 1. The van der Waals surface area contributed by atoms with E-state index in [9.17, 15) is 4.79 Å². The van der Waals surface area contributed by atoms with E-state index in [4.69, 9.17) is 5.73 Å². The van der Waals surface area contributed by atoms with E-state index in [1.807, 2.05) is 24.3 Å². The Morgan fingerprint density at radius 1 is 1.32 bits per heavy atom. The predicted octanol–water partition coefficient (Wildman–Crippen LogP) is 3.68. The molecule has 2 nitrogen and oxygen atoms in total. The third kappa shape index (κ3) is 1.52. The van der Waals surface area contributed by atoms with Gasteiger partial charge < -0.3 is 5.73 Å². The summed E-state index contributed by atoms with van der Waals surface area (Å²) in [6, 6.07) is 7.75. The minimum Gasteiger partial charge on any atom is -0.399 e. The number of carbonyl (C=O) groups excluding carboxylic acids is 1. The van der Waals surface area contributed by atoms with Gasteiger partial charge in [-0.25, -0.2) is 0 Å². The van der Waals surface area contributed by atoms with E-state index < -0.39 is 0 Å². The number of fused-ring (bicyclic) bond motifs is 2. The molecule has 2 unspecified atom stereocenters. The number of rotatable bonds is 1. The molecule has 2 saturated carbocycles. The molecule has 2 N–H and O–H groups in total. The smallest absolute Gasteiger partial charge is 0.165 e. The van der Waals surface area contributed by atoms with Crippen LogP contribution in [0.5, 0.6) is 0 Å². The Labute approximate surface area is 114 Å². The molecule has 0 amide bonds. The van der Waals surface area contributed by atoms with Crippen LogP contribution in [0.4, 0.5) is 5.69 Å². The number of ketones is 1. The third-order valence-electron chi connectivity index (χ3n) is 5.60. The predicted molar refractivity (Wildman–Crippen MR) is 78.5 cm³/mol. The summed E-state index contributed by atoms with van der Waals surface area (Å²) in [5.74, 6) is 0.739. The van der Waals surface area contributed by atoms with Crippen molar-refractivity contribution in [2.45, 2.75) is 33.6 Å². The number of benzene rings is 1. The van der Waals surface area contributed by atoms with Crippen molar-refractivity contribution < 1.29 is 4.79 Å². The van der Waals surface area contributed by atoms with E-state index >= 15 is 0 Å². The average molecular weight is 255 g/mol. The van der Waals surface area contributed by atoms with Crippen LogP contribution in [0.2, 0.25) is 0 Å². The van der Waals surface area contributed by atoms with E-state index in [1.54, 1.807) is 0 Å². The fourth-order valence-corrected chi connectivity index (χ4v) is 3.92. The minimum absolute atomic E-state index is 0.0796. The molecule has 2 fully saturated rings. The minimum atomic E-state index is -0.177. The standard InChI is InChI=1S/C17H21NO/c1-16(2)14-7-8-17(16,3)15(19)13(14)10-11-5-4-6-12(18)9-11/h4-6,9-10,14H,7-8,18H2,1-3H3. The van der Waals surface area contributed by atoms with E-state index in [0.29, 0.717) is 11.7 Å². The summed E-state index contributed by atoms with van der Waals surface area (Å²) >= 11 is 0. The summed E-state index contributed by atoms with van der Waals surface area (Å²) in [6.07, 6.45) is 4.21. The van der Waals surface area contributed by atoms with Gasteiger partial charge in [-0.05, 0) is 53.5 Å². The largest absolute Gasteiger partial charge is 0.399 e. The molecule has 0 heterocycles. The van der Waals surface area contributed by atoms with E-state index in [2.05, 4.69) is 26.8 Å². The topological polar surface area (TPSA) is 43.1 Å². The van der Waals surface area contributed by atoms with Crippen LogP contribution in [-0.2, 0) is 4.79 Å². The highest BCUT2D eigenvalue weighted by atomic mass is 16.1. The zero-order chi connectivity index (χ0) is 13.8. The van der Waals surface area contributed by atoms with Gasteiger partial charge in [0, 0.05) is 11.1 Å². The van der Waals surface area contributed by atoms with Gasteiger partial charge in [0.05, 0.1) is 0 Å². The monoisotopic (exact) mass is 255 g/mol. The molecular formula is C17H21NO. The third-order valence-corrected chi connectivity index (χ3v) is 5.60. The van der Waals surface area contributed by atoms with Gasteiger partial charge in [0.15, 0.2) is 5.78 Å². The number of nitrogen functional groups attached to an aromatic ring is 1. The van der Waals surface area contributed by atoms with Crippen LogP contribution < -0.4 is 5.73 Å². The maximum absolute atomic E-state index is 12.7. The highest BCUT2D eigenvalue weighted by molar-refractivity contribution is 6.08. The molecule has 1 aromatic rings. The number of allylic oxidation sites excluding steroid dienone is 1. The van der Waals surface area contributed by atoms with Crippen LogP contribution in [0.15, 0.2) is 29.8 Å². The lowest BCUT2D eigenvalue weighted by molar-refractivity contribution is -0.125. The molecule has 2 aliphatic carbocycles. The maximum Gasteiger partial charge on any atom is 0.165 e. The molecule has 2 atom stereocenters. The molecule has 2 bridgehead atoms. The molecule has 100 valence electrons. The Morgan fingerprint density at radius 2 is 2.05 bits per heavy atom. The first-order valence-electron chi connectivity index (χ1n) is 6.98. The molecule has 0 spiro atoms. The Kier molecular flexibility index (Phi) is 2.44. The first-order valence-corrected chi connectivity index (χ1v) is 6.98. The lowest BCUT2D eigenvalue weighted by Gasteiger charge is -2.31. The Bertz CT molecular complexity index is 585. The number of hydrogen-bond donors (Lipinski definition) is 1. The second-order valence-electron chi connectivity index (χ2n) is 6.74. The van der Waals surface area contributed by atoms with Crippen molar-refractivity contribution >= 4 is 17.5 Å². The lowest BCUT2D eigenvalue weighted by atomic mass is 9.70. The number of hydrogen-bond acceptors (Lipinski definition) is 2. The van der Waals surface area contributed by atoms with E-state index in [0.717, 1.165) is 29.7 Å². The first kappa shape index (κ1) is 12.5.